The molecule has 0 aliphatic carbocycles. The van der Waals surface area contributed by atoms with Crippen LogP contribution in [0.15, 0.2) is 18.2 Å². The lowest BCUT2D eigenvalue weighted by atomic mass is 10.0. The van der Waals surface area contributed by atoms with Gasteiger partial charge in [-0.15, -0.1) is 0 Å². The van der Waals surface area contributed by atoms with E-state index in [0.717, 1.165) is 50.2 Å². The highest BCUT2D eigenvalue weighted by Crippen LogP contribution is 2.20. The minimum absolute atomic E-state index is 0.0929. The molecule has 0 bridgehead atoms. The number of rotatable bonds is 5. The zero-order valence-electron chi connectivity index (χ0n) is 14.7. The number of hydrogen-bond donors (Lipinski definition) is 1. The summed E-state index contributed by atoms with van der Waals surface area (Å²) in [5.74, 6) is 0.0929. The van der Waals surface area contributed by atoms with Gasteiger partial charge in [-0.05, 0) is 63.4 Å². The van der Waals surface area contributed by atoms with E-state index in [1.807, 2.05) is 24.0 Å². The topological polar surface area (TPSA) is 58.8 Å². The summed E-state index contributed by atoms with van der Waals surface area (Å²) in [4.78, 5) is 17.1. The molecule has 3 rings (SSSR count). The molecule has 1 aromatic rings. The number of nitrogens with two attached hydrogens (primary N) is 1. The van der Waals surface area contributed by atoms with Crippen LogP contribution in [0.3, 0.4) is 0 Å². The van der Waals surface area contributed by atoms with E-state index in [1.165, 1.54) is 25.9 Å². The standard InChI is InChI=1S/C19H29N3O2/c1-15-4-5-16(20)14-18(15)19(23)22-10-6-17(7-11-22)24-13-12-21-8-2-3-9-21/h4-5,14,17H,2-3,6-13,20H2,1H3. The average Bonchev–Trinajstić information content (AvgIpc) is 3.10. The number of anilines is 1. The molecule has 24 heavy (non-hydrogen) atoms. The third-order valence-electron chi connectivity index (χ3n) is 5.18. The van der Waals surface area contributed by atoms with Crippen LogP contribution in [0, 0.1) is 6.92 Å². The van der Waals surface area contributed by atoms with E-state index >= 15 is 0 Å². The molecule has 0 spiro atoms. The van der Waals surface area contributed by atoms with Gasteiger partial charge < -0.3 is 20.3 Å². The highest BCUT2D eigenvalue weighted by Gasteiger charge is 2.25. The number of ether oxygens (including phenoxy) is 1. The number of nitrogen functional groups attached to an aromatic ring is 1. The largest absolute Gasteiger partial charge is 0.399 e. The van der Waals surface area contributed by atoms with Gasteiger partial charge in [0.05, 0.1) is 12.7 Å². The van der Waals surface area contributed by atoms with Crippen molar-refractivity contribution in [1.82, 2.24) is 9.80 Å². The van der Waals surface area contributed by atoms with Gasteiger partial charge in [0.25, 0.3) is 5.91 Å². The molecular weight excluding hydrogens is 302 g/mol. The Bertz CT molecular complexity index is 562. The first-order valence-electron chi connectivity index (χ1n) is 9.13. The minimum atomic E-state index is 0.0929. The van der Waals surface area contributed by atoms with Gasteiger partial charge in [0, 0.05) is 30.9 Å². The Hall–Kier alpha value is -1.59. The predicted octanol–water partition coefficient (Wildman–Crippen LogP) is 2.29. The van der Waals surface area contributed by atoms with Gasteiger partial charge in [-0.2, -0.15) is 0 Å². The Kier molecular flexibility index (Phi) is 5.74. The van der Waals surface area contributed by atoms with Crippen molar-refractivity contribution in [1.29, 1.82) is 0 Å². The molecule has 5 nitrogen and oxygen atoms in total. The Balaban J connectivity index is 1.44. The molecule has 132 valence electrons. The van der Waals surface area contributed by atoms with Crippen LogP contribution in [0.25, 0.3) is 0 Å². The molecular formula is C19H29N3O2. The van der Waals surface area contributed by atoms with E-state index in [9.17, 15) is 4.79 Å². The van der Waals surface area contributed by atoms with E-state index in [-0.39, 0.29) is 5.91 Å². The van der Waals surface area contributed by atoms with E-state index in [0.29, 0.717) is 11.8 Å². The third kappa shape index (κ3) is 4.28. The minimum Gasteiger partial charge on any atom is -0.399 e. The lowest BCUT2D eigenvalue weighted by molar-refractivity contribution is 0.00207. The van der Waals surface area contributed by atoms with Crippen molar-refractivity contribution < 1.29 is 9.53 Å². The van der Waals surface area contributed by atoms with Crippen molar-refractivity contribution in [3.63, 3.8) is 0 Å². The lowest BCUT2D eigenvalue weighted by Crippen LogP contribution is -2.41. The summed E-state index contributed by atoms with van der Waals surface area (Å²) in [6, 6.07) is 5.54. The van der Waals surface area contributed by atoms with Crippen LogP contribution in [-0.2, 0) is 4.74 Å². The van der Waals surface area contributed by atoms with E-state index in [4.69, 9.17) is 10.5 Å². The van der Waals surface area contributed by atoms with Crippen LogP contribution >= 0.6 is 0 Å². The van der Waals surface area contributed by atoms with Crippen LogP contribution in [0.1, 0.15) is 41.6 Å². The zero-order valence-corrected chi connectivity index (χ0v) is 14.7. The number of hydrogen-bond acceptors (Lipinski definition) is 4. The summed E-state index contributed by atoms with van der Waals surface area (Å²) in [5.41, 5.74) is 8.18. The van der Waals surface area contributed by atoms with Gasteiger partial charge in [0.2, 0.25) is 0 Å². The monoisotopic (exact) mass is 331 g/mol. The van der Waals surface area contributed by atoms with Gasteiger partial charge in [-0.3, -0.25) is 4.79 Å². The molecule has 2 saturated heterocycles. The highest BCUT2D eigenvalue weighted by atomic mass is 16.5. The number of nitrogens with zero attached hydrogens (tertiary/aromatic N) is 2. The van der Waals surface area contributed by atoms with Crippen molar-refractivity contribution in [3.8, 4) is 0 Å². The number of piperidine rings is 1. The third-order valence-corrected chi connectivity index (χ3v) is 5.18. The van der Waals surface area contributed by atoms with E-state index < -0.39 is 0 Å². The second-order valence-corrected chi connectivity index (χ2v) is 6.99. The summed E-state index contributed by atoms with van der Waals surface area (Å²) in [5, 5.41) is 0. The van der Waals surface area contributed by atoms with Gasteiger partial charge in [0.15, 0.2) is 0 Å². The summed E-state index contributed by atoms with van der Waals surface area (Å²) in [7, 11) is 0. The van der Waals surface area contributed by atoms with E-state index in [2.05, 4.69) is 4.90 Å². The number of likely N-dealkylation sites (tertiary alicyclic amines) is 2. The van der Waals surface area contributed by atoms with Crippen LogP contribution in [0.2, 0.25) is 0 Å². The Labute approximate surface area is 144 Å². The zero-order chi connectivity index (χ0) is 16.9. The fraction of sp³-hybridized carbons (Fsp3) is 0.632. The Morgan fingerprint density at radius 3 is 2.62 bits per heavy atom. The SMILES string of the molecule is Cc1ccc(N)cc1C(=O)N1CCC(OCCN2CCCC2)CC1. The van der Waals surface area contributed by atoms with Crippen molar-refractivity contribution in [3.05, 3.63) is 29.3 Å². The molecule has 2 aliphatic heterocycles. The maximum atomic E-state index is 12.7. The second-order valence-electron chi connectivity index (χ2n) is 6.99. The van der Waals surface area contributed by atoms with Crippen molar-refractivity contribution in [2.45, 2.75) is 38.7 Å². The highest BCUT2D eigenvalue weighted by molar-refractivity contribution is 5.96. The smallest absolute Gasteiger partial charge is 0.254 e. The van der Waals surface area contributed by atoms with Gasteiger partial charge in [0.1, 0.15) is 0 Å². The molecule has 2 aliphatic rings. The van der Waals surface area contributed by atoms with Crippen molar-refractivity contribution >= 4 is 11.6 Å². The van der Waals surface area contributed by atoms with Crippen LogP contribution in [-0.4, -0.2) is 61.1 Å². The molecule has 2 fully saturated rings. The van der Waals surface area contributed by atoms with Gasteiger partial charge in [-0.1, -0.05) is 6.07 Å². The fourth-order valence-electron chi connectivity index (χ4n) is 3.62. The average molecular weight is 331 g/mol. The van der Waals surface area contributed by atoms with Crippen LogP contribution in [0.5, 0.6) is 0 Å². The van der Waals surface area contributed by atoms with Crippen LogP contribution < -0.4 is 5.73 Å². The molecule has 1 aromatic carbocycles. The van der Waals surface area contributed by atoms with Gasteiger partial charge in [-0.25, -0.2) is 0 Å². The van der Waals surface area contributed by atoms with Crippen molar-refractivity contribution in [2.24, 2.45) is 0 Å². The lowest BCUT2D eigenvalue weighted by Gasteiger charge is -2.32. The quantitative estimate of drug-likeness (QED) is 0.841. The fourth-order valence-corrected chi connectivity index (χ4v) is 3.62. The maximum absolute atomic E-state index is 12.7. The van der Waals surface area contributed by atoms with Crippen molar-refractivity contribution in [2.75, 3.05) is 45.1 Å². The molecule has 0 aromatic heterocycles. The molecule has 0 radical (unpaired) electrons. The molecule has 0 unspecified atom stereocenters. The van der Waals surface area contributed by atoms with E-state index in [1.54, 1.807) is 6.07 Å². The molecule has 5 heteroatoms. The summed E-state index contributed by atoms with van der Waals surface area (Å²) in [6.07, 6.45) is 4.78. The molecule has 2 N–H and O–H groups in total. The number of carbonyl (C=O) groups is 1. The second kappa shape index (κ2) is 7.99. The molecule has 0 atom stereocenters. The molecule has 0 saturated carbocycles. The number of aryl methyl sites for hydroxylation is 1. The molecule has 2 heterocycles. The van der Waals surface area contributed by atoms with Gasteiger partial charge >= 0.3 is 0 Å². The first kappa shape index (κ1) is 17.2. The summed E-state index contributed by atoms with van der Waals surface area (Å²) >= 11 is 0. The normalized spacial score (nSPS) is 19.8. The first-order valence-corrected chi connectivity index (χ1v) is 9.13. The molecule has 1 amide bonds. The number of amides is 1. The Morgan fingerprint density at radius 2 is 1.92 bits per heavy atom. The number of carbonyl (C=O) groups excluding carboxylic acids is 1. The Morgan fingerprint density at radius 1 is 1.21 bits per heavy atom. The number of benzene rings is 1. The first-order chi connectivity index (χ1) is 11.6. The maximum Gasteiger partial charge on any atom is 0.254 e. The summed E-state index contributed by atoms with van der Waals surface area (Å²) in [6.45, 7) is 7.78. The predicted molar refractivity (Wildman–Crippen MR) is 96.1 cm³/mol. The summed E-state index contributed by atoms with van der Waals surface area (Å²) < 4.78 is 6.02. The van der Waals surface area contributed by atoms with Crippen LogP contribution in [0.4, 0.5) is 5.69 Å².